The maximum atomic E-state index is 10.7. The van der Waals surface area contributed by atoms with E-state index in [4.69, 9.17) is 15.1 Å². The summed E-state index contributed by atoms with van der Waals surface area (Å²) in [7, 11) is 1.45. The number of hydrogen-bond donors (Lipinski definition) is 1. The van der Waals surface area contributed by atoms with Crippen LogP contribution in [0.25, 0.3) is 0 Å². The lowest BCUT2D eigenvalue weighted by Crippen LogP contribution is -2.07. The van der Waals surface area contributed by atoms with Crippen LogP contribution in [0.2, 0.25) is 0 Å². The van der Waals surface area contributed by atoms with E-state index in [9.17, 15) is 4.79 Å². The SMILES string of the molecule is COc1nc(C(=O)O)ccc1CN1CC1C#N. The van der Waals surface area contributed by atoms with E-state index >= 15 is 0 Å². The fourth-order valence-electron chi connectivity index (χ4n) is 1.58. The van der Waals surface area contributed by atoms with Crippen LogP contribution >= 0.6 is 0 Å². The normalized spacial score (nSPS) is 21.6. The summed E-state index contributed by atoms with van der Waals surface area (Å²) in [6, 6.07) is 5.21. The molecular weight excluding hydrogens is 222 g/mol. The van der Waals surface area contributed by atoms with Gasteiger partial charge in [-0.1, -0.05) is 0 Å². The second kappa shape index (κ2) is 4.39. The molecule has 2 heterocycles. The number of pyridine rings is 1. The fourth-order valence-corrected chi connectivity index (χ4v) is 1.58. The van der Waals surface area contributed by atoms with Gasteiger partial charge in [-0.2, -0.15) is 5.26 Å². The minimum atomic E-state index is -1.09. The van der Waals surface area contributed by atoms with Gasteiger partial charge < -0.3 is 9.84 Å². The summed E-state index contributed by atoms with van der Waals surface area (Å²) < 4.78 is 5.05. The van der Waals surface area contributed by atoms with Crippen LogP contribution in [0.3, 0.4) is 0 Å². The summed E-state index contributed by atoms with van der Waals surface area (Å²) in [6.07, 6.45) is 0. The van der Waals surface area contributed by atoms with E-state index in [0.717, 1.165) is 12.1 Å². The van der Waals surface area contributed by atoms with Crippen molar-refractivity contribution in [1.82, 2.24) is 9.88 Å². The van der Waals surface area contributed by atoms with Crippen molar-refractivity contribution in [2.45, 2.75) is 12.6 Å². The number of aromatic carboxylic acids is 1. The molecule has 1 N–H and O–H groups in total. The van der Waals surface area contributed by atoms with Gasteiger partial charge in [-0.15, -0.1) is 0 Å². The molecule has 1 aromatic heterocycles. The predicted molar refractivity (Wildman–Crippen MR) is 57.6 cm³/mol. The van der Waals surface area contributed by atoms with Crippen molar-refractivity contribution in [3.63, 3.8) is 0 Å². The molecule has 6 nitrogen and oxygen atoms in total. The average molecular weight is 233 g/mol. The topological polar surface area (TPSA) is 86.2 Å². The van der Waals surface area contributed by atoms with Crippen LogP contribution in [-0.2, 0) is 6.54 Å². The van der Waals surface area contributed by atoms with E-state index in [1.807, 2.05) is 4.90 Å². The molecule has 1 aliphatic rings. The molecule has 1 fully saturated rings. The van der Waals surface area contributed by atoms with Crippen molar-refractivity contribution in [2.24, 2.45) is 0 Å². The van der Waals surface area contributed by atoms with Crippen molar-refractivity contribution in [1.29, 1.82) is 5.26 Å². The van der Waals surface area contributed by atoms with Crippen LogP contribution in [-0.4, -0.2) is 40.7 Å². The summed E-state index contributed by atoms with van der Waals surface area (Å²) in [5, 5.41) is 17.5. The van der Waals surface area contributed by atoms with Crippen LogP contribution in [0.4, 0.5) is 0 Å². The zero-order valence-corrected chi connectivity index (χ0v) is 9.25. The number of nitriles is 1. The first-order chi connectivity index (χ1) is 8.15. The van der Waals surface area contributed by atoms with Gasteiger partial charge in [0.05, 0.1) is 13.2 Å². The Morgan fingerprint density at radius 1 is 1.76 bits per heavy atom. The number of nitrogens with zero attached hydrogens (tertiary/aromatic N) is 3. The van der Waals surface area contributed by atoms with Gasteiger partial charge in [0.1, 0.15) is 6.04 Å². The Morgan fingerprint density at radius 2 is 2.53 bits per heavy atom. The van der Waals surface area contributed by atoms with E-state index < -0.39 is 5.97 Å². The van der Waals surface area contributed by atoms with Crippen LogP contribution in [0.15, 0.2) is 12.1 Å². The van der Waals surface area contributed by atoms with Gasteiger partial charge in [-0.3, -0.25) is 4.90 Å². The van der Waals surface area contributed by atoms with Crippen molar-refractivity contribution >= 4 is 5.97 Å². The number of hydrogen-bond acceptors (Lipinski definition) is 5. The second-order valence-corrected chi connectivity index (χ2v) is 3.74. The number of carboxylic acid groups (broad SMARTS) is 1. The molecular formula is C11H11N3O3. The van der Waals surface area contributed by atoms with Crippen molar-refractivity contribution in [3.05, 3.63) is 23.4 Å². The maximum absolute atomic E-state index is 10.7. The Hall–Kier alpha value is -2.13. The van der Waals surface area contributed by atoms with Crippen molar-refractivity contribution in [3.8, 4) is 11.9 Å². The minimum Gasteiger partial charge on any atom is -0.481 e. The molecule has 17 heavy (non-hydrogen) atoms. The molecule has 1 aromatic rings. The number of methoxy groups -OCH3 is 1. The largest absolute Gasteiger partial charge is 0.481 e. The number of carbonyl (C=O) groups is 1. The molecule has 0 amide bonds. The highest BCUT2D eigenvalue weighted by molar-refractivity contribution is 5.85. The average Bonchev–Trinajstić information content (AvgIpc) is 3.07. The third-order valence-electron chi connectivity index (χ3n) is 2.59. The Kier molecular flexibility index (Phi) is 2.93. The molecule has 2 atom stereocenters. The summed E-state index contributed by atoms with van der Waals surface area (Å²) >= 11 is 0. The molecule has 0 spiro atoms. The standard InChI is InChI=1S/C11H11N3O3/c1-17-10-7(5-14-6-8(14)4-12)2-3-9(13-10)11(15)16/h2-3,8H,5-6H2,1H3,(H,15,16). The second-order valence-electron chi connectivity index (χ2n) is 3.74. The molecule has 0 bridgehead atoms. The van der Waals surface area contributed by atoms with Gasteiger partial charge in [-0.25, -0.2) is 9.78 Å². The molecule has 88 valence electrons. The first-order valence-corrected chi connectivity index (χ1v) is 5.06. The number of carboxylic acids is 1. The van der Waals surface area contributed by atoms with Gasteiger partial charge in [0, 0.05) is 18.7 Å². The molecule has 1 aliphatic heterocycles. The van der Waals surface area contributed by atoms with E-state index in [1.54, 1.807) is 6.07 Å². The molecule has 2 unspecified atom stereocenters. The Balaban J connectivity index is 2.17. The van der Waals surface area contributed by atoms with Crippen molar-refractivity contribution < 1.29 is 14.6 Å². The van der Waals surface area contributed by atoms with E-state index in [0.29, 0.717) is 12.4 Å². The summed E-state index contributed by atoms with van der Waals surface area (Å²) in [5.74, 6) is -0.787. The molecule has 0 radical (unpaired) electrons. The van der Waals surface area contributed by atoms with Gasteiger partial charge >= 0.3 is 5.97 Å². The van der Waals surface area contributed by atoms with Crippen LogP contribution in [0, 0.1) is 11.3 Å². The van der Waals surface area contributed by atoms with Gasteiger partial charge in [0.15, 0.2) is 5.69 Å². The zero-order chi connectivity index (χ0) is 12.4. The molecule has 0 aliphatic carbocycles. The smallest absolute Gasteiger partial charge is 0.354 e. The maximum Gasteiger partial charge on any atom is 0.354 e. The molecule has 2 rings (SSSR count). The summed E-state index contributed by atoms with van der Waals surface area (Å²) in [4.78, 5) is 16.6. The Labute approximate surface area is 98.1 Å². The lowest BCUT2D eigenvalue weighted by molar-refractivity contribution is 0.0689. The van der Waals surface area contributed by atoms with Crippen molar-refractivity contribution in [2.75, 3.05) is 13.7 Å². The highest BCUT2D eigenvalue weighted by Gasteiger charge is 2.34. The monoisotopic (exact) mass is 233 g/mol. The Bertz CT molecular complexity index is 495. The molecule has 0 aromatic carbocycles. The third kappa shape index (κ3) is 2.34. The van der Waals surface area contributed by atoms with Crippen LogP contribution in [0.5, 0.6) is 5.88 Å². The first-order valence-electron chi connectivity index (χ1n) is 5.06. The fraction of sp³-hybridized carbons (Fsp3) is 0.364. The number of aromatic nitrogens is 1. The van der Waals surface area contributed by atoms with E-state index in [2.05, 4.69) is 11.1 Å². The van der Waals surface area contributed by atoms with Crippen LogP contribution in [0.1, 0.15) is 16.1 Å². The Morgan fingerprint density at radius 3 is 3.06 bits per heavy atom. The molecule has 0 saturated carbocycles. The highest BCUT2D eigenvalue weighted by atomic mass is 16.5. The zero-order valence-electron chi connectivity index (χ0n) is 9.25. The van der Waals surface area contributed by atoms with Gasteiger partial charge in [0.2, 0.25) is 5.88 Å². The number of rotatable bonds is 4. The molecule has 6 heteroatoms. The minimum absolute atomic E-state index is 0.0427. The lowest BCUT2D eigenvalue weighted by Gasteiger charge is -2.08. The van der Waals surface area contributed by atoms with Gasteiger partial charge in [-0.05, 0) is 12.1 Å². The number of ether oxygens (including phenoxy) is 1. The predicted octanol–water partition coefficient (Wildman–Crippen LogP) is 0.496. The van der Waals surface area contributed by atoms with Gasteiger partial charge in [0.25, 0.3) is 0 Å². The van der Waals surface area contributed by atoms with Crippen LogP contribution < -0.4 is 4.74 Å². The summed E-state index contributed by atoms with van der Waals surface area (Å²) in [5.41, 5.74) is 0.739. The lowest BCUT2D eigenvalue weighted by atomic mass is 10.2. The van der Waals surface area contributed by atoms with E-state index in [-0.39, 0.29) is 11.7 Å². The highest BCUT2D eigenvalue weighted by Crippen LogP contribution is 2.24. The quantitative estimate of drug-likeness (QED) is 0.762. The third-order valence-corrected chi connectivity index (χ3v) is 2.59. The van der Waals surface area contributed by atoms with E-state index in [1.165, 1.54) is 13.2 Å². The summed E-state index contributed by atoms with van der Waals surface area (Å²) in [6.45, 7) is 1.29. The molecule has 1 saturated heterocycles. The first kappa shape index (κ1) is 11.4.